The number of aromatic nitrogens is 2. The van der Waals surface area contributed by atoms with E-state index in [9.17, 15) is 0 Å². The second-order valence-electron chi connectivity index (χ2n) is 3.64. The molecule has 0 aliphatic rings. The van der Waals surface area contributed by atoms with Crippen LogP contribution in [0.15, 0.2) is 18.2 Å². The topological polar surface area (TPSA) is 43.8 Å². The van der Waals surface area contributed by atoms with Crippen LogP contribution in [0.25, 0.3) is 11.0 Å². The molecule has 0 unspecified atom stereocenters. The third-order valence-corrected chi connectivity index (χ3v) is 2.70. The molecule has 3 nitrogen and oxygen atoms in total. The van der Waals surface area contributed by atoms with Crippen LogP contribution >= 0.6 is 11.6 Å². The van der Waals surface area contributed by atoms with Crippen LogP contribution in [0.4, 0.5) is 0 Å². The van der Waals surface area contributed by atoms with Crippen molar-refractivity contribution in [2.24, 2.45) is 5.73 Å². The quantitative estimate of drug-likeness (QED) is 0.851. The summed E-state index contributed by atoms with van der Waals surface area (Å²) in [5.74, 6) is 0.912. The lowest BCUT2D eigenvalue weighted by molar-refractivity contribution is 0.650. The average Bonchev–Trinajstić information content (AvgIpc) is 2.55. The monoisotopic (exact) mass is 223 g/mol. The molecule has 0 amide bonds. The van der Waals surface area contributed by atoms with Gasteiger partial charge in [0.2, 0.25) is 0 Å². The van der Waals surface area contributed by atoms with Gasteiger partial charge in [-0.05, 0) is 32.0 Å². The van der Waals surface area contributed by atoms with Gasteiger partial charge in [0.05, 0.1) is 17.1 Å². The molecule has 15 heavy (non-hydrogen) atoms. The first kappa shape index (κ1) is 10.5. The summed E-state index contributed by atoms with van der Waals surface area (Å²) >= 11 is 5.92. The van der Waals surface area contributed by atoms with Gasteiger partial charge < -0.3 is 10.3 Å². The van der Waals surface area contributed by atoms with E-state index in [0.29, 0.717) is 5.02 Å². The number of benzene rings is 1. The van der Waals surface area contributed by atoms with E-state index in [-0.39, 0.29) is 6.04 Å². The van der Waals surface area contributed by atoms with E-state index >= 15 is 0 Å². The third-order valence-electron chi connectivity index (χ3n) is 2.46. The number of hydrogen-bond acceptors (Lipinski definition) is 2. The van der Waals surface area contributed by atoms with Crippen molar-refractivity contribution in [2.45, 2.75) is 26.4 Å². The molecule has 2 rings (SSSR count). The van der Waals surface area contributed by atoms with Crippen molar-refractivity contribution in [3.63, 3.8) is 0 Å². The van der Waals surface area contributed by atoms with E-state index in [4.69, 9.17) is 17.3 Å². The number of halogens is 1. The van der Waals surface area contributed by atoms with Gasteiger partial charge >= 0.3 is 0 Å². The largest absolute Gasteiger partial charge is 0.327 e. The molecule has 0 fully saturated rings. The van der Waals surface area contributed by atoms with E-state index in [1.54, 1.807) is 0 Å². The third kappa shape index (κ3) is 1.73. The number of rotatable bonds is 2. The van der Waals surface area contributed by atoms with Crippen LogP contribution in [0, 0.1) is 0 Å². The minimum Gasteiger partial charge on any atom is -0.327 e. The normalized spacial score (nSPS) is 13.3. The summed E-state index contributed by atoms with van der Waals surface area (Å²) in [6.45, 7) is 4.89. The van der Waals surface area contributed by atoms with Gasteiger partial charge in [0.15, 0.2) is 0 Å². The highest BCUT2D eigenvalue weighted by Crippen LogP contribution is 2.22. The molecule has 0 aliphatic carbocycles. The summed E-state index contributed by atoms with van der Waals surface area (Å²) in [6, 6.07) is 5.67. The molecule has 1 atom stereocenters. The van der Waals surface area contributed by atoms with E-state index in [2.05, 4.69) is 16.5 Å². The van der Waals surface area contributed by atoms with Crippen molar-refractivity contribution >= 4 is 22.6 Å². The maximum atomic E-state index is 5.92. The van der Waals surface area contributed by atoms with Crippen LogP contribution in [-0.4, -0.2) is 9.55 Å². The Bertz CT molecular complexity index is 488. The van der Waals surface area contributed by atoms with Crippen molar-refractivity contribution < 1.29 is 0 Å². The standard InChI is InChI=1S/C11H14ClN3/c1-3-15-10-5-4-8(12)6-9(10)14-11(15)7(2)13/h4-7H,3,13H2,1-2H3/t7-/m1/s1. The Balaban J connectivity index is 2.73. The Morgan fingerprint density at radius 3 is 2.87 bits per heavy atom. The van der Waals surface area contributed by atoms with Crippen LogP contribution in [0.1, 0.15) is 25.7 Å². The number of hydrogen-bond donors (Lipinski definition) is 1. The summed E-state index contributed by atoms with van der Waals surface area (Å²) in [5, 5.41) is 0.708. The Labute approximate surface area is 93.9 Å². The van der Waals surface area contributed by atoms with E-state index in [0.717, 1.165) is 23.4 Å². The SMILES string of the molecule is CCn1c([C@@H](C)N)nc2cc(Cl)ccc21. The summed E-state index contributed by atoms with van der Waals surface area (Å²) in [5.41, 5.74) is 7.88. The summed E-state index contributed by atoms with van der Waals surface area (Å²) in [4.78, 5) is 4.50. The smallest absolute Gasteiger partial charge is 0.126 e. The van der Waals surface area contributed by atoms with Crippen molar-refractivity contribution in [3.05, 3.63) is 29.0 Å². The lowest BCUT2D eigenvalue weighted by atomic mass is 10.3. The summed E-state index contributed by atoms with van der Waals surface area (Å²) in [6.07, 6.45) is 0. The Hall–Kier alpha value is -1.06. The number of imidazole rings is 1. The van der Waals surface area contributed by atoms with Gasteiger partial charge in [0.25, 0.3) is 0 Å². The maximum Gasteiger partial charge on any atom is 0.126 e. The van der Waals surface area contributed by atoms with Crippen molar-refractivity contribution in [2.75, 3.05) is 0 Å². The molecule has 80 valence electrons. The van der Waals surface area contributed by atoms with Crippen LogP contribution in [-0.2, 0) is 6.54 Å². The van der Waals surface area contributed by atoms with Crippen LogP contribution in [0.3, 0.4) is 0 Å². The van der Waals surface area contributed by atoms with Crippen molar-refractivity contribution in [1.82, 2.24) is 9.55 Å². The molecule has 1 aromatic carbocycles. The van der Waals surface area contributed by atoms with Gasteiger partial charge in [-0.25, -0.2) is 4.98 Å². The zero-order valence-corrected chi connectivity index (χ0v) is 9.62. The molecule has 0 saturated carbocycles. The van der Waals surface area contributed by atoms with Crippen molar-refractivity contribution in [3.8, 4) is 0 Å². The Kier molecular flexibility index (Phi) is 2.67. The van der Waals surface area contributed by atoms with E-state index in [1.807, 2.05) is 25.1 Å². The first-order chi connectivity index (χ1) is 7.13. The molecule has 2 N–H and O–H groups in total. The van der Waals surface area contributed by atoms with E-state index < -0.39 is 0 Å². The van der Waals surface area contributed by atoms with Crippen molar-refractivity contribution in [1.29, 1.82) is 0 Å². The molecule has 1 heterocycles. The summed E-state index contributed by atoms with van der Waals surface area (Å²) in [7, 11) is 0. The number of aryl methyl sites for hydroxylation is 1. The minimum atomic E-state index is -0.0591. The second-order valence-corrected chi connectivity index (χ2v) is 4.07. The number of fused-ring (bicyclic) bond motifs is 1. The fourth-order valence-electron chi connectivity index (χ4n) is 1.80. The predicted octanol–water partition coefficient (Wildman–Crippen LogP) is 2.73. The van der Waals surface area contributed by atoms with Gasteiger partial charge in [-0.3, -0.25) is 0 Å². The second kappa shape index (κ2) is 3.83. The first-order valence-corrected chi connectivity index (χ1v) is 5.42. The Morgan fingerprint density at radius 2 is 2.27 bits per heavy atom. The number of nitrogens with zero attached hydrogens (tertiary/aromatic N) is 2. The molecule has 4 heteroatoms. The fourth-order valence-corrected chi connectivity index (χ4v) is 1.97. The Morgan fingerprint density at radius 1 is 1.53 bits per heavy atom. The minimum absolute atomic E-state index is 0.0591. The molecule has 2 aromatic rings. The maximum absolute atomic E-state index is 5.92. The zero-order valence-electron chi connectivity index (χ0n) is 8.87. The highest BCUT2D eigenvalue weighted by Gasteiger charge is 2.12. The molecular formula is C11H14ClN3. The molecular weight excluding hydrogens is 210 g/mol. The fraction of sp³-hybridized carbons (Fsp3) is 0.364. The number of nitrogens with two attached hydrogens (primary N) is 1. The van der Waals surface area contributed by atoms with Crippen LogP contribution in [0.5, 0.6) is 0 Å². The van der Waals surface area contributed by atoms with Gasteiger partial charge in [-0.15, -0.1) is 0 Å². The van der Waals surface area contributed by atoms with Gasteiger partial charge in [-0.2, -0.15) is 0 Å². The molecule has 0 aliphatic heterocycles. The molecule has 1 aromatic heterocycles. The highest BCUT2D eigenvalue weighted by molar-refractivity contribution is 6.31. The molecule has 0 spiro atoms. The first-order valence-electron chi connectivity index (χ1n) is 5.04. The van der Waals surface area contributed by atoms with E-state index in [1.165, 1.54) is 0 Å². The summed E-state index contributed by atoms with van der Waals surface area (Å²) < 4.78 is 2.12. The van der Waals surface area contributed by atoms with Gasteiger partial charge in [0.1, 0.15) is 5.82 Å². The van der Waals surface area contributed by atoms with Crippen LogP contribution in [0.2, 0.25) is 5.02 Å². The van der Waals surface area contributed by atoms with Crippen LogP contribution < -0.4 is 5.73 Å². The van der Waals surface area contributed by atoms with Gasteiger partial charge in [-0.1, -0.05) is 11.6 Å². The molecule has 0 radical (unpaired) electrons. The zero-order chi connectivity index (χ0) is 11.0. The lowest BCUT2D eigenvalue weighted by Gasteiger charge is -2.08. The van der Waals surface area contributed by atoms with Gasteiger partial charge in [0, 0.05) is 11.6 Å². The molecule has 0 bridgehead atoms. The lowest BCUT2D eigenvalue weighted by Crippen LogP contribution is -2.12. The molecule has 0 saturated heterocycles. The highest BCUT2D eigenvalue weighted by atomic mass is 35.5. The average molecular weight is 224 g/mol. The predicted molar refractivity (Wildman–Crippen MR) is 63.0 cm³/mol.